The highest BCUT2D eigenvalue weighted by molar-refractivity contribution is 7.14. The van der Waals surface area contributed by atoms with Crippen LogP contribution in [0.5, 0.6) is 5.75 Å². The molecule has 1 N–H and O–H groups in total. The average molecular weight is 408 g/mol. The van der Waals surface area contributed by atoms with Gasteiger partial charge >= 0.3 is 0 Å². The van der Waals surface area contributed by atoms with Crippen LogP contribution in [-0.2, 0) is 4.79 Å². The molecule has 0 unspecified atom stereocenters. The summed E-state index contributed by atoms with van der Waals surface area (Å²) in [6, 6.07) is 16.0. The molecule has 1 atom stereocenters. The van der Waals surface area contributed by atoms with Gasteiger partial charge in [-0.3, -0.25) is 4.79 Å². The number of aromatic nitrogens is 1. The molecule has 0 aliphatic heterocycles. The SMILES string of the molecule is COc1ccccc1N(c1nc(-c2ccc(C)cc2)cs1)[C@@H](C)C(=O)NC1CC1. The van der Waals surface area contributed by atoms with Crippen LogP contribution in [0.3, 0.4) is 0 Å². The third-order valence-corrected chi connectivity index (χ3v) is 5.92. The van der Waals surface area contributed by atoms with Gasteiger partial charge in [0.1, 0.15) is 11.8 Å². The number of carbonyl (C=O) groups excluding carboxylic acids is 1. The van der Waals surface area contributed by atoms with E-state index in [1.54, 1.807) is 7.11 Å². The Hall–Kier alpha value is -2.86. The molecule has 1 aliphatic carbocycles. The van der Waals surface area contributed by atoms with Gasteiger partial charge in [0.25, 0.3) is 0 Å². The van der Waals surface area contributed by atoms with E-state index in [9.17, 15) is 4.79 Å². The number of amides is 1. The summed E-state index contributed by atoms with van der Waals surface area (Å²) in [5.41, 5.74) is 4.01. The number of nitrogens with zero attached hydrogens (tertiary/aromatic N) is 2. The van der Waals surface area contributed by atoms with Crippen molar-refractivity contribution >= 4 is 28.1 Å². The van der Waals surface area contributed by atoms with Gasteiger partial charge in [0, 0.05) is 17.0 Å². The van der Waals surface area contributed by atoms with Crippen molar-refractivity contribution in [2.75, 3.05) is 12.0 Å². The van der Waals surface area contributed by atoms with E-state index in [2.05, 4.69) is 36.5 Å². The number of methoxy groups -OCH3 is 1. The van der Waals surface area contributed by atoms with Crippen LogP contribution in [-0.4, -0.2) is 30.1 Å². The lowest BCUT2D eigenvalue weighted by molar-refractivity contribution is -0.122. The summed E-state index contributed by atoms with van der Waals surface area (Å²) in [6.07, 6.45) is 2.11. The van der Waals surface area contributed by atoms with Gasteiger partial charge in [-0.2, -0.15) is 0 Å². The number of para-hydroxylation sites is 2. The Labute approximate surface area is 175 Å². The van der Waals surface area contributed by atoms with Crippen molar-refractivity contribution < 1.29 is 9.53 Å². The fourth-order valence-corrected chi connectivity index (χ4v) is 4.13. The van der Waals surface area contributed by atoms with E-state index in [0.29, 0.717) is 11.8 Å². The highest BCUT2D eigenvalue weighted by Crippen LogP contribution is 2.38. The second-order valence-corrected chi connectivity index (χ2v) is 8.22. The normalized spacial score (nSPS) is 14.3. The molecule has 0 spiro atoms. The van der Waals surface area contributed by atoms with Gasteiger partial charge in [-0.05, 0) is 38.8 Å². The summed E-state index contributed by atoms with van der Waals surface area (Å²) in [7, 11) is 1.64. The molecule has 1 fully saturated rings. The van der Waals surface area contributed by atoms with Crippen LogP contribution in [0, 0.1) is 6.92 Å². The number of anilines is 2. The molecule has 1 aliphatic rings. The summed E-state index contributed by atoms with van der Waals surface area (Å²) >= 11 is 1.53. The van der Waals surface area contributed by atoms with Crippen LogP contribution in [0.15, 0.2) is 53.9 Å². The van der Waals surface area contributed by atoms with E-state index < -0.39 is 6.04 Å². The van der Waals surface area contributed by atoms with Gasteiger partial charge < -0.3 is 15.0 Å². The number of ether oxygens (including phenoxy) is 1. The second kappa shape index (κ2) is 8.25. The molecule has 2 aromatic carbocycles. The Morgan fingerprint density at radius 1 is 1.21 bits per heavy atom. The molecular weight excluding hydrogens is 382 g/mol. The largest absolute Gasteiger partial charge is 0.495 e. The molecule has 1 amide bonds. The Bertz CT molecular complexity index is 995. The Balaban J connectivity index is 1.71. The van der Waals surface area contributed by atoms with Crippen molar-refractivity contribution in [1.29, 1.82) is 0 Å². The van der Waals surface area contributed by atoms with Gasteiger partial charge in [-0.15, -0.1) is 11.3 Å². The maximum absolute atomic E-state index is 12.9. The van der Waals surface area contributed by atoms with Gasteiger partial charge in [-0.25, -0.2) is 4.98 Å². The van der Waals surface area contributed by atoms with E-state index >= 15 is 0 Å². The number of nitrogens with one attached hydrogen (secondary N) is 1. The topological polar surface area (TPSA) is 54.5 Å². The van der Waals surface area contributed by atoms with Crippen LogP contribution in [0.2, 0.25) is 0 Å². The molecular formula is C23H25N3O2S. The van der Waals surface area contributed by atoms with E-state index in [1.807, 2.05) is 41.5 Å². The molecule has 29 heavy (non-hydrogen) atoms. The van der Waals surface area contributed by atoms with E-state index in [-0.39, 0.29) is 5.91 Å². The molecule has 1 heterocycles. The second-order valence-electron chi connectivity index (χ2n) is 7.38. The molecule has 150 valence electrons. The van der Waals surface area contributed by atoms with Crippen LogP contribution in [0.4, 0.5) is 10.8 Å². The molecule has 0 bridgehead atoms. The maximum Gasteiger partial charge on any atom is 0.243 e. The Kier molecular flexibility index (Phi) is 5.53. The minimum Gasteiger partial charge on any atom is -0.495 e. The number of benzene rings is 2. The molecule has 0 saturated heterocycles. The first-order valence-electron chi connectivity index (χ1n) is 9.82. The van der Waals surface area contributed by atoms with E-state index in [4.69, 9.17) is 9.72 Å². The quantitative estimate of drug-likeness (QED) is 0.603. The highest BCUT2D eigenvalue weighted by Gasteiger charge is 2.31. The minimum absolute atomic E-state index is 0.00509. The number of hydrogen-bond donors (Lipinski definition) is 1. The van der Waals surface area contributed by atoms with Crippen LogP contribution in [0.1, 0.15) is 25.3 Å². The van der Waals surface area contributed by atoms with Crippen molar-refractivity contribution in [3.05, 3.63) is 59.5 Å². The number of rotatable bonds is 7. The van der Waals surface area contributed by atoms with Crippen molar-refractivity contribution in [2.24, 2.45) is 0 Å². The fraction of sp³-hybridized carbons (Fsp3) is 0.304. The lowest BCUT2D eigenvalue weighted by Gasteiger charge is -2.29. The van der Waals surface area contributed by atoms with Crippen molar-refractivity contribution in [3.63, 3.8) is 0 Å². The lowest BCUT2D eigenvalue weighted by Crippen LogP contribution is -2.44. The Morgan fingerprint density at radius 3 is 2.62 bits per heavy atom. The predicted molar refractivity (Wildman–Crippen MR) is 118 cm³/mol. The van der Waals surface area contributed by atoms with Crippen molar-refractivity contribution in [2.45, 2.75) is 38.8 Å². The monoisotopic (exact) mass is 407 g/mol. The van der Waals surface area contributed by atoms with Gasteiger partial charge in [0.05, 0.1) is 18.5 Å². The summed E-state index contributed by atoms with van der Waals surface area (Å²) in [4.78, 5) is 19.7. The first-order chi connectivity index (χ1) is 14.1. The summed E-state index contributed by atoms with van der Waals surface area (Å²) in [5.74, 6) is 0.719. The van der Waals surface area contributed by atoms with E-state index in [0.717, 1.165) is 34.9 Å². The number of hydrogen-bond acceptors (Lipinski definition) is 5. The third-order valence-electron chi connectivity index (χ3n) is 5.08. The molecule has 1 saturated carbocycles. The zero-order valence-corrected chi connectivity index (χ0v) is 17.7. The lowest BCUT2D eigenvalue weighted by atomic mass is 10.1. The standard InChI is InChI=1S/C23H25N3O2S/c1-15-8-10-17(11-9-15)19-14-29-23(25-19)26(16(2)22(27)24-18-12-13-18)20-6-4-5-7-21(20)28-3/h4-11,14,16,18H,12-13H2,1-3H3,(H,24,27)/t16-/m0/s1. The predicted octanol–water partition coefficient (Wildman–Crippen LogP) is 4.93. The van der Waals surface area contributed by atoms with Crippen molar-refractivity contribution in [3.8, 4) is 17.0 Å². The smallest absolute Gasteiger partial charge is 0.243 e. The van der Waals surface area contributed by atoms with Gasteiger partial charge in [0.2, 0.25) is 5.91 Å². The third kappa shape index (κ3) is 4.27. The highest BCUT2D eigenvalue weighted by atomic mass is 32.1. The molecule has 1 aromatic heterocycles. The number of carbonyl (C=O) groups is 1. The minimum atomic E-state index is -0.413. The van der Waals surface area contributed by atoms with Gasteiger partial charge in [0.15, 0.2) is 5.13 Å². The molecule has 0 radical (unpaired) electrons. The zero-order valence-electron chi connectivity index (χ0n) is 16.9. The maximum atomic E-state index is 12.9. The number of aryl methyl sites for hydroxylation is 1. The van der Waals surface area contributed by atoms with Crippen molar-refractivity contribution in [1.82, 2.24) is 10.3 Å². The first kappa shape index (κ1) is 19.5. The van der Waals surface area contributed by atoms with Crippen LogP contribution in [0.25, 0.3) is 11.3 Å². The zero-order chi connectivity index (χ0) is 20.4. The Morgan fingerprint density at radius 2 is 1.93 bits per heavy atom. The molecule has 3 aromatic rings. The fourth-order valence-electron chi connectivity index (χ4n) is 3.20. The number of thiazole rings is 1. The summed E-state index contributed by atoms with van der Waals surface area (Å²) < 4.78 is 5.58. The molecule has 5 nitrogen and oxygen atoms in total. The molecule has 4 rings (SSSR count). The van der Waals surface area contributed by atoms with Gasteiger partial charge in [-0.1, -0.05) is 42.0 Å². The average Bonchev–Trinajstić information content (AvgIpc) is 3.42. The molecule has 6 heteroatoms. The summed E-state index contributed by atoms with van der Waals surface area (Å²) in [5, 5.41) is 5.91. The van der Waals surface area contributed by atoms with Crippen LogP contribution < -0.4 is 15.0 Å². The van der Waals surface area contributed by atoms with E-state index in [1.165, 1.54) is 16.9 Å². The van der Waals surface area contributed by atoms with Crippen LogP contribution >= 0.6 is 11.3 Å². The first-order valence-corrected chi connectivity index (χ1v) is 10.7. The summed E-state index contributed by atoms with van der Waals surface area (Å²) in [6.45, 7) is 3.98.